The molecule has 0 amide bonds. The summed E-state index contributed by atoms with van der Waals surface area (Å²) in [6.07, 6.45) is 0. The zero-order valence-electron chi connectivity index (χ0n) is 17.0. The van der Waals surface area contributed by atoms with Crippen molar-refractivity contribution >= 4 is 11.4 Å². The van der Waals surface area contributed by atoms with Gasteiger partial charge in [0.1, 0.15) is 0 Å². The van der Waals surface area contributed by atoms with E-state index in [0.29, 0.717) is 11.4 Å². The Hall–Kier alpha value is -1.22. The Balaban J connectivity index is 4.47. The highest BCUT2D eigenvalue weighted by Gasteiger charge is 2.23. The van der Waals surface area contributed by atoms with Crippen LogP contribution in [0.15, 0.2) is 10.3 Å². The largest absolute Gasteiger partial charge is 0.411 e. The highest BCUT2D eigenvalue weighted by atomic mass is 16.4. The number of hydrogen-bond donors (Lipinski definition) is 5. The van der Waals surface area contributed by atoms with Crippen LogP contribution in [-0.4, -0.2) is 84.1 Å². The van der Waals surface area contributed by atoms with E-state index in [1.807, 2.05) is 48.6 Å². The molecule has 0 saturated heterocycles. The number of hydrogen-bond acceptors (Lipinski definition) is 8. The van der Waals surface area contributed by atoms with Gasteiger partial charge >= 0.3 is 0 Å². The summed E-state index contributed by atoms with van der Waals surface area (Å²) in [6.45, 7) is 16.9. The van der Waals surface area contributed by atoms with Gasteiger partial charge in [0.2, 0.25) is 0 Å². The first-order valence-electron chi connectivity index (χ1n) is 8.86. The minimum absolute atomic E-state index is 0.335. The van der Waals surface area contributed by atoms with E-state index in [9.17, 15) is 0 Å². The van der Waals surface area contributed by atoms with Crippen molar-refractivity contribution in [1.29, 1.82) is 0 Å². The molecule has 5 N–H and O–H groups in total. The van der Waals surface area contributed by atoms with Crippen molar-refractivity contribution in [2.75, 3.05) is 46.3 Å². The maximum atomic E-state index is 8.95. The van der Waals surface area contributed by atoms with Gasteiger partial charge in [0.15, 0.2) is 0 Å². The van der Waals surface area contributed by atoms with Gasteiger partial charge in [0, 0.05) is 39.3 Å². The smallest absolute Gasteiger partial charge is 0.0734 e. The van der Waals surface area contributed by atoms with Crippen LogP contribution in [0.3, 0.4) is 0 Å². The zero-order valence-corrected chi connectivity index (χ0v) is 17.0. The maximum Gasteiger partial charge on any atom is 0.0734 e. The van der Waals surface area contributed by atoms with Crippen molar-refractivity contribution in [2.45, 2.75) is 52.6 Å². The molecule has 0 spiro atoms. The van der Waals surface area contributed by atoms with Gasteiger partial charge in [-0.15, -0.1) is 0 Å². The lowest BCUT2D eigenvalue weighted by Crippen LogP contribution is -2.51. The third-order valence-electron chi connectivity index (χ3n) is 4.78. The van der Waals surface area contributed by atoms with E-state index in [1.165, 1.54) is 0 Å². The Bertz CT molecular complexity index is 399. The SMILES string of the molecule is CNCCN(CCNC(C)(C)/C(C)=N/O)CCNC(C)(C)/C(C)=N/O. The molecule has 8 heteroatoms. The Labute approximate surface area is 152 Å². The second-order valence-corrected chi connectivity index (χ2v) is 7.42. The number of nitrogens with one attached hydrogen (secondary N) is 3. The van der Waals surface area contributed by atoms with Crippen LogP contribution >= 0.6 is 0 Å². The first-order valence-corrected chi connectivity index (χ1v) is 8.86. The fraction of sp³-hybridized carbons (Fsp3) is 0.882. The maximum absolute atomic E-state index is 8.95. The molecule has 0 unspecified atom stereocenters. The van der Waals surface area contributed by atoms with Crippen molar-refractivity contribution in [3.05, 3.63) is 0 Å². The van der Waals surface area contributed by atoms with Gasteiger partial charge in [0.25, 0.3) is 0 Å². The molecule has 148 valence electrons. The molecule has 0 aliphatic heterocycles. The van der Waals surface area contributed by atoms with E-state index < -0.39 is 0 Å². The van der Waals surface area contributed by atoms with E-state index in [4.69, 9.17) is 10.4 Å². The third-order valence-corrected chi connectivity index (χ3v) is 4.78. The molecule has 25 heavy (non-hydrogen) atoms. The Morgan fingerprint density at radius 1 is 0.800 bits per heavy atom. The molecule has 0 rings (SSSR count). The van der Waals surface area contributed by atoms with E-state index in [2.05, 4.69) is 31.2 Å². The summed E-state index contributed by atoms with van der Waals surface area (Å²) >= 11 is 0. The molecule has 0 atom stereocenters. The molecular formula is C17H38N6O2. The number of likely N-dealkylation sites (N-methyl/N-ethyl adjacent to an activating group) is 1. The molecule has 0 saturated carbocycles. The van der Waals surface area contributed by atoms with Crippen LogP contribution in [0.2, 0.25) is 0 Å². The molecule has 0 aromatic carbocycles. The summed E-state index contributed by atoms with van der Waals surface area (Å²) in [6, 6.07) is 0. The van der Waals surface area contributed by atoms with Crippen molar-refractivity contribution < 1.29 is 10.4 Å². The lowest BCUT2D eigenvalue weighted by Gasteiger charge is -2.30. The molecule has 0 bridgehead atoms. The van der Waals surface area contributed by atoms with Crippen LogP contribution in [0.4, 0.5) is 0 Å². The molecule has 0 aliphatic carbocycles. The Kier molecular flexibility index (Phi) is 10.8. The van der Waals surface area contributed by atoms with Crippen LogP contribution in [0, 0.1) is 0 Å². The van der Waals surface area contributed by atoms with E-state index in [1.54, 1.807) is 0 Å². The first-order chi connectivity index (χ1) is 11.6. The molecule has 0 aromatic rings. The van der Waals surface area contributed by atoms with Gasteiger partial charge in [-0.05, 0) is 48.6 Å². The predicted molar refractivity (Wildman–Crippen MR) is 104 cm³/mol. The van der Waals surface area contributed by atoms with Crippen LogP contribution in [0.1, 0.15) is 41.5 Å². The third kappa shape index (κ3) is 9.15. The lowest BCUT2D eigenvalue weighted by atomic mass is 9.99. The van der Waals surface area contributed by atoms with Gasteiger partial charge in [-0.2, -0.15) is 0 Å². The van der Waals surface area contributed by atoms with Crippen LogP contribution in [-0.2, 0) is 0 Å². The van der Waals surface area contributed by atoms with Crippen LogP contribution in [0.25, 0.3) is 0 Å². The van der Waals surface area contributed by atoms with Crippen LogP contribution in [0.5, 0.6) is 0 Å². The number of rotatable bonds is 13. The predicted octanol–water partition coefficient (Wildman–Crippen LogP) is 0.944. The van der Waals surface area contributed by atoms with Gasteiger partial charge < -0.3 is 26.4 Å². The molecule has 0 radical (unpaired) electrons. The average molecular weight is 359 g/mol. The lowest BCUT2D eigenvalue weighted by molar-refractivity contribution is 0.259. The standard InChI is InChI=1S/C17H38N6O2/c1-14(21-24)16(3,4)19-9-12-23(11-8-18-7)13-10-20-17(5,6)15(2)22-25/h18-20,24-25H,8-13H2,1-7H3/b21-14+,22-15+. The Morgan fingerprint density at radius 3 is 1.48 bits per heavy atom. The molecule has 0 heterocycles. The average Bonchev–Trinajstić information content (AvgIpc) is 2.57. The summed E-state index contributed by atoms with van der Waals surface area (Å²) < 4.78 is 0. The van der Waals surface area contributed by atoms with Gasteiger partial charge in [-0.25, -0.2) is 0 Å². The normalized spacial score (nSPS) is 14.4. The first kappa shape index (κ1) is 23.8. The molecule has 0 aromatic heterocycles. The van der Waals surface area contributed by atoms with Crippen molar-refractivity contribution in [3.63, 3.8) is 0 Å². The molecule has 0 fully saturated rings. The van der Waals surface area contributed by atoms with Crippen molar-refractivity contribution in [1.82, 2.24) is 20.9 Å². The van der Waals surface area contributed by atoms with Gasteiger partial charge in [-0.3, -0.25) is 4.90 Å². The van der Waals surface area contributed by atoms with Crippen molar-refractivity contribution in [2.24, 2.45) is 10.3 Å². The van der Waals surface area contributed by atoms with E-state index >= 15 is 0 Å². The minimum Gasteiger partial charge on any atom is -0.411 e. The van der Waals surface area contributed by atoms with Gasteiger partial charge in [0.05, 0.1) is 22.5 Å². The zero-order chi connectivity index (χ0) is 19.5. The summed E-state index contributed by atoms with van der Waals surface area (Å²) in [7, 11) is 1.95. The Morgan fingerprint density at radius 2 is 1.16 bits per heavy atom. The topological polar surface area (TPSA) is 105 Å². The monoisotopic (exact) mass is 358 g/mol. The fourth-order valence-electron chi connectivity index (χ4n) is 2.16. The van der Waals surface area contributed by atoms with Gasteiger partial charge in [-0.1, -0.05) is 10.3 Å². The molecular weight excluding hydrogens is 320 g/mol. The quantitative estimate of drug-likeness (QED) is 0.191. The highest BCUT2D eigenvalue weighted by Crippen LogP contribution is 2.06. The fourth-order valence-corrected chi connectivity index (χ4v) is 2.16. The number of nitrogens with zero attached hydrogens (tertiary/aromatic N) is 3. The van der Waals surface area contributed by atoms with Crippen molar-refractivity contribution in [3.8, 4) is 0 Å². The molecule has 8 nitrogen and oxygen atoms in total. The summed E-state index contributed by atoms with van der Waals surface area (Å²) in [5, 5.41) is 34.5. The number of oxime groups is 2. The summed E-state index contributed by atoms with van der Waals surface area (Å²) in [4.78, 5) is 2.36. The second kappa shape index (κ2) is 11.4. The summed E-state index contributed by atoms with van der Waals surface area (Å²) in [5.41, 5.74) is 0.657. The van der Waals surface area contributed by atoms with E-state index in [-0.39, 0.29) is 11.1 Å². The van der Waals surface area contributed by atoms with Crippen LogP contribution < -0.4 is 16.0 Å². The highest BCUT2D eigenvalue weighted by molar-refractivity contribution is 5.90. The molecule has 0 aliphatic rings. The summed E-state index contributed by atoms with van der Waals surface area (Å²) in [5.74, 6) is 0. The minimum atomic E-state index is -0.335. The van der Waals surface area contributed by atoms with E-state index in [0.717, 1.165) is 39.3 Å². The second-order valence-electron chi connectivity index (χ2n) is 7.42.